The number of hydrogen-bond donors (Lipinski definition) is 4. The molecule has 2 unspecified atom stereocenters. The molecule has 8 heteroatoms. The molecule has 0 saturated heterocycles. The van der Waals surface area contributed by atoms with Crippen molar-refractivity contribution < 1.29 is 22.9 Å². The van der Waals surface area contributed by atoms with Crippen molar-refractivity contribution in [3.05, 3.63) is 0 Å². The van der Waals surface area contributed by atoms with Gasteiger partial charge in [-0.2, -0.15) is 8.42 Å². The van der Waals surface area contributed by atoms with Crippen molar-refractivity contribution >= 4 is 16.0 Å². The second kappa shape index (κ2) is 9.31. The fraction of sp³-hybridized carbons (Fsp3) is 0.962. The lowest BCUT2D eigenvalue weighted by molar-refractivity contribution is -0.145. The van der Waals surface area contributed by atoms with Gasteiger partial charge in [0.2, 0.25) is 5.91 Å². The van der Waals surface area contributed by atoms with E-state index in [2.05, 4.69) is 26.1 Å². The molecule has 0 aromatic heterocycles. The third-order valence-corrected chi connectivity index (χ3v) is 12.0. The minimum atomic E-state index is -4.05. The molecule has 0 spiro atoms. The average molecular weight is 499 g/mol. The van der Waals surface area contributed by atoms with Crippen LogP contribution in [0.4, 0.5) is 0 Å². The number of nitrogens with one attached hydrogen (secondary N) is 1. The van der Waals surface area contributed by atoms with Crippen molar-refractivity contribution in [1.29, 1.82) is 0 Å². The highest BCUT2D eigenvalue weighted by atomic mass is 32.2. The first-order chi connectivity index (χ1) is 15.8. The number of carbonyl (C=O) groups is 1. The molecule has 4 rings (SSSR count). The first-order valence-corrected chi connectivity index (χ1v) is 15.1. The first-order valence-electron chi connectivity index (χ1n) is 13.5. The molecule has 196 valence electrons. The maximum atomic E-state index is 12.2. The van der Waals surface area contributed by atoms with Gasteiger partial charge >= 0.3 is 0 Å². The summed E-state index contributed by atoms with van der Waals surface area (Å²) in [6.07, 6.45) is 10.8. The van der Waals surface area contributed by atoms with Crippen LogP contribution >= 0.6 is 0 Å². The van der Waals surface area contributed by atoms with Crippen LogP contribution in [-0.2, 0) is 14.9 Å². The zero-order valence-corrected chi connectivity index (χ0v) is 22.1. The Morgan fingerprint density at radius 3 is 2.50 bits per heavy atom. The van der Waals surface area contributed by atoms with Gasteiger partial charge in [0, 0.05) is 18.5 Å². The van der Waals surface area contributed by atoms with Gasteiger partial charge in [0.15, 0.2) is 0 Å². The molecule has 1 amide bonds. The van der Waals surface area contributed by atoms with Crippen molar-refractivity contribution in [2.75, 3.05) is 12.3 Å². The van der Waals surface area contributed by atoms with Crippen molar-refractivity contribution in [3.63, 3.8) is 0 Å². The molecule has 34 heavy (non-hydrogen) atoms. The van der Waals surface area contributed by atoms with E-state index in [4.69, 9.17) is 10.3 Å². The van der Waals surface area contributed by atoms with Crippen molar-refractivity contribution in [2.45, 2.75) is 103 Å². The van der Waals surface area contributed by atoms with E-state index in [0.717, 1.165) is 38.5 Å². The molecule has 0 aromatic rings. The van der Waals surface area contributed by atoms with E-state index in [1.165, 1.54) is 25.7 Å². The Hall–Kier alpha value is -0.700. The Kier molecular flexibility index (Phi) is 7.22. The van der Waals surface area contributed by atoms with Gasteiger partial charge in [0.05, 0.1) is 11.9 Å². The maximum absolute atomic E-state index is 12.2. The van der Waals surface area contributed by atoms with Crippen LogP contribution in [0.2, 0.25) is 0 Å². The molecule has 0 heterocycles. The lowest BCUT2D eigenvalue weighted by Crippen LogP contribution is -2.70. The number of carbonyl (C=O) groups excluding carboxylic acids is 1. The average Bonchev–Trinajstić information content (AvgIpc) is 3.10. The summed E-state index contributed by atoms with van der Waals surface area (Å²) in [6, 6.07) is 0. The van der Waals surface area contributed by atoms with Crippen LogP contribution in [0.5, 0.6) is 0 Å². The second-order valence-corrected chi connectivity index (χ2v) is 14.3. The van der Waals surface area contributed by atoms with Crippen LogP contribution in [0, 0.1) is 40.4 Å². The first kappa shape index (κ1) is 26.4. The van der Waals surface area contributed by atoms with Crippen molar-refractivity contribution in [1.82, 2.24) is 5.32 Å². The summed E-state index contributed by atoms with van der Waals surface area (Å²) < 4.78 is 30.5. The molecule has 9 atom stereocenters. The van der Waals surface area contributed by atoms with Gasteiger partial charge in [0.1, 0.15) is 0 Å². The summed E-state index contributed by atoms with van der Waals surface area (Å²) in [5.41, 5.74) is 7.66. The SMILES string of the molecule is C[C@H](CCC(=O)NCCS(=O)(=O)O)[C@H]1CC[C@@H]2C3CCC4C[C@@H](O)CC[C@@]4(C)[C@]3(N)CC[C@]21C. The van der Waals surface area contributed by atoms with Gasteiger partial charge in [-0.05, 0) is 105 Å². The Morgan fingerprint density at radius 1 is 1.09 bits per heavy atom. The number of hydrogen-bond acceptors (Lipinski definition) is 5. The molecule has 0 radical (unpaired) electrons. The molecule has 0 bridgehead atoms. The Labute approximate surface area is 205 Å². The van der Waals surface area contributed by atoms with E-state index in [1.54, 1.807) is 0 Å². The summed E-state index contributed by atoms with van der Waals surface area (Å²) in [5.74, 6) is 2.12. The van der Waals surface area contributed by atoms with E-state index in [-0.39, 0.29) is 34.9 Å². The summed E-state index contributed by atoms with van der Waals surface area (Å²) in [4.78, 5) is 12.2. The molecular formula is C26H46N2O5S. The van der Waals surface area contributed by atoms with Crippen LogP contribution in [0.15, 0.2) is 0 Å². The van der Waals surface area contributed by atoms with E-state index in [1.807, 2.05) is 0 Å². The predicted molar refractivity (Wildman–Crippen MR) is 132 cm³/mol. The van der Waals surface area contributed by atoms with Gasteiger partial charge in [-0.15, -0.1) is 0 Å². The topological polar surface area (TPSA) is 130 Å². The van der Waals surface area contributed by atoms with Crippen molar-refractivity contribution in [3.8, 4) is 0 Å². The molecule has 4 aliphatic rings. The van der Waals surface area contributed by atoms with Gasteiger partial charge in [-0.1, -0.05) is 20.8 Å². The van der Waals surface area contributed by atoms with Gasteiger partial charge in [0.25, 0.3) is 10.1 Å². The number of aliphatic hydroxyl groups is 1. The normalized spacial score (nSPS) is 45.1. The zero-order chi connectivity index (χ0) is 24.9. The number of aliphatic hydroxyl groups excluding tert-OH is 1. The molecule has 7 nitrogen and oxygen atoms in total. The highest BCUT2D eigenvalue weighted by Crippen LogP contribution is 2.69. The Balaban J connectivity index is 1.39. The molecule has 4 aliphatic carbocycles. The van der Waals surface area contributed by atoms with Gasteiger partial charge < -0.3 is 16.2 Å². The molecule has 0 aliphatic heterocycles. The third-order valence-electron chi connectivity index (χ3n) is 11.2. The monoisotopic (exact) mass is 498 g/mol. The zero-order valence-electron chi connectivity index (χ0n) is 21.3. The van der Waals surface area contributed by atoms with Gasteiger partial charge in [-0.3, -0.25) is 9.35 Å². The third kappa shape index (κ3) is 4.57. The molecule has 4 fully saturated rings. The largest absolute Gasteiger partial charge is 0.393 e. The molecule has 4 saturated carbocycles. The fourth-order valence-electron chi connectivity index (χ4n) is 9.22. The van der Waals surface area contributed by atoms with E-state index in [0.29, 0.717) is 36.0 Å². The summed E-state index contributed by atoms with van der Waals surface area (Å²) >= 11 is 0. The second-order valence-electron chi connectivity index (χ2n) is 12.7. The minimum Gasteiger partial charge on any atom is -0.393 e. The van der Waals surface area contributed by atoms with Crippen LogP contribution in [0.1, 0.15) is 91.4 Å². The Bertz CT molecular complexity index is 880. The number of rotatable bonds is 7. The van der Waals surface area contributed by atoms with Crippen LogP contribution < -0.4 is 11.1 Å². The predicted octanol–water partition coefficient (Wildman–Crippen LogP) is 3.51. The maximum Gasteiger partial charge on any atom is 0.266 e. The smallest absolute Gasteiger partial charge is 0.266 e. The van der Waals surface area contributed by atoms with Crippen LogP contribution in [0.25, 0.3) is 0 Å². The van der Waals surface area contributed by atoms with Crippen LogP contribution in [-0.4, -0.2) is 47.9 Å². The number of fused-ring (bicyclic) bond motifs is 5. The lowest BCUT2D eigenvalue weighted by atomic mass is 9.41. The van der Waals surface area contributed by atoms with Gasteiger partial charge in [-0.25, -0.2) is 0 Å². The number of amides is 1. The molecule has 5 N–H and O–H groups in total. The van der Waals surface area contributed by atoms with E-state index < -0.39 is 15.9 Å². The lowest BCUT2D eigenvalue weighted by Gasteiger charge is -2.66. The summed E-state index contributed by atoms with van der Waals surface area (Å²) in [7, 11) is -4.05. The standard InChI is InChI=1S/C26H46N2O5S/c1-17(4-9-23(30)28-14-15-34(31,32)33)20-7-8-21-22-6-5-18-16-19(29)10-11-25(18,3)26(22,27)13-12-24(20,21)2/h17-22,29H,4-16,27H2,1-3H3,(H,28,30)(H,31,32,33)/t17-,18?,19+,20-,21-,22?,24+,25-,26+/m1/s1. The fourth-order valence-corrected chi connectivity index (χ4v) is 9.58. The highest BCUT2D eigenvalue weighted by Gasteiger charge is 2.66. The summed E-state index contributed by atoms with van der Waals surface area (Å²) in [6.45, 7) is 7.13. The summed E-state index contributed by atoms with van der Waals surface area (Å²) in [5, 5.41) is 12.9. The molecular weight excluding hydrogens is 452 g/mol. The van der Waals surface area contributed by atoms with E-state index in [9.17, 15) is 18.3 Å². The van der Waals surface area contributed by atoms with Crippen LogP contribution in [0.3, 0.4) is 0 Å². The Morgan fingerprint density at radius 2 is 1.79 bits per heavy atom. The van der Waals surface area contributed by atoms with E-state index >= 15 is 0 Å². The highest BCUT2D eigenvalue weighted by molar-refractivity contribution is 7.85. The van der Waals surface area contributed by atoms with Crippen molar-refractivity contribution in [2.24, 2.45) is 46.2 Å². The number of nitrogens with two attached hydrogens (primary N) is 1. The minimum absolute atomic E-state index is 0.0493. The molecule has 0 aromatic carbocycles. The quantitative estimate of drug-likeness (QED) is 0.398.